The molecule has 2 aromatic carbocycles. The number of benzene rings is 2. The lowest BCUT2D eigenvalue weighted by Gasteiger charge is -2.12. The molecule has 8 nitrogen and oxygen atoms in total. The van der Waals surface area contributed by atoms with Gasteiger partial charge < -0.3 is 10.2 Å². The Morgan fingerprint density at radius 1 is 1.12 bits per heavy atom. The SMILES string of the molecule is Cc1ccc(Nc2ccc(S(=O)(=O)NCCN(C)C)cc2[N+](=O)[O-])cc1. The first-order valence-electron chi connectivity index (χ1n) is 7.95. The van der Waals surface area contributed by atoms with Crippen molar-refractivity contribution in [2.45, 2.75) is 11.8 Å². The van der Waals surface area contributed by atoms with Crippen molar-refractivity contribution in [3.05, 3.63) is 58.1 Å². The van der Waals surface area contributed by atoms with E-state index in [0.717, 1.165) is 11.6 Å². The lowest BCUT2D eigenvalue weighted by Crippen LogP contribution is -2.31. The van der Waals surface area contributed by atoms with Gasteiger partial charge in [-0.25, -0.2) is 13.1 Å². The van der Waals surface area contributed by atoms with E-state index in [9.17, 15) is 18.5 Å². The molecule has 0 spiro atoms. The lowest BCUT2D eigenvalue weighted by atomic mass is 10.2. The van der Waals surface area contributed by atoms with Gasteiger partial charge in [0, 0.05) is 24.8 Å². The second-order valence-corrected chi connectivity index (χ2v) is 7.90. The zero-order chi connectivity index (χ0) is 19.3. The van der Waals surface area contributed by atoms with Crippen LogP contribution in [-0.2, 0) is 10.0 Å². The molecule has 0 fully saturated rings. The number of rotatable bonds is 8. The summed E-state index contributed by atoms with van der Waals surface area (Å²) in [6.45, 7) is 2.68. The molecule has 2 rings (SSSR count). The van der Waals surface area contributed by atoms with Crippen molar-refractivity contribution in [1.29, 1.82) is 0 Å². The number of nitro groups is 1. The molecule has 9 heteroatoms. The maximum absolute atomic E-state index is 12.3. The molecule has 0 amide bonds. The summed E-state index contributed by atoms with van der Waals surface area (Å²) in [5, 5.41) is 14.3. The first kappa shape index (κ1) is 19.8. The maximum atomic E-state index is 12.3. The second-order valence-electron chi connectivity index (χ2n) is 6.13. The van der Waals surface area contributed by atoms with E-state index >= 15 is 0 Å². The molecule has 0 aliphatic carbocycles. The Kier molecular flexibility index (Phi) is 6.30. The minimum atomic E-state index is -3.82. The Morgan fingerprint density at radius 2 is 1.77 bits per heavy atom. The van der Waals surface area contributed by atoms with E-state index in [1.165, 1.54) is 12.1 Å². The van der Waals surface area contributed by atoms with Crippen LogP contribution in [0.2, 0.25) is 0 Å². The summed E-state index contributed by atoms with van der Waals surface area (Å²) in [6.07, 6.45) is 0. The molecule has 2 aromatic rings. The number of hydrogen-bond donors (Lipinski definition) is 2. The Labute approximate surface area is 153 Å². The summed E-state index contributed by atoms with van der Waals surface area (Å²) >= 11 is 0. The van der Waals surface area contributed by atoms with Crippen molar-refractivity contribution in [3.8, 4) is 0 Å². The van der Waals surface area contributed by atoms with E-state index in [1.54, 1.807) is 12.1 Å². The summed E-state index contributed by atoms with van der Waals surface area (Å²) in [5.74, 6) is 0. The van der Waals surface area contributed by atoms with Crippen molar-refractivity contribution in [2.75, 3.05) is 32.5 Å². The third-order valence-electron chi connectivity index (χ3n) is 3.66. The van der Waals surface area contributed by atoms with E-state index in [2.05, 4.69) is 10.0 Å². The zero-order valence-electron chi connectivity index (χ0n) is 14.9. The predicted molar refractivity (Wildman–Crippen MR) is 101 cm³/mol. The molecule has 0 aromatic heterocycles. The summed E-state index contributed by atoms with van der Waals surface area (Å²) in [5.41, 5.74) is 1.67. The average molecular weight is 378 g/mol. The molecule has 140 valence electrons. The summed E-state index contributed by atoms with van der Waals surface area (Å²) in [6, 6.07) is 11.2. The van der Waals surface area contributed by atoms with Gasteiger partial charge >= 0.3 is 0 Å². The number of nitrogens with zero attached hydrogens (tertiary/aromatic N) is 2. The highest BCUT2D eigenvalue weighted by Crippen LogP contribution is 2.30. The van der Waals surface area contributed by atoms with Crippen LogP contribution < -0.4 is 10.0 Å². The van der Waals surface area contributed by atoms with Crippen LogP contribution in [0.25, 0.3) is 0 Å². The molecule has 0 atom stereocenters. The van der Waals surface area contributed by atoms with Crippen LogP contribution in [0.3, 0.4) is 0 Å². The minimum absolute atomic E-state index is 0.141. The summed E-state index contributed by atoms with van der Waals surface area (Å²) < 4.78 is 27.1. The van der Waals surface area contributed by atoms with Crippen LogP contribution in [0.15, 0.2) is 47.4 Å². The number of anilines is 2. The van der Waals surface area contributed by atoms with Gasteiger partial charge in [0.15, 0.2) is 0 Å². The van der Waals surface area contributed by atoms with E-state index < -0.39 is 14.9 Å². The Bertz CT molecular complexity index is 880. The van der Waals surface area contributed by atoms with Gasteiger partial charge in [-0.1, -0.05) is 17.7 Å². The van der Waals surface area contributed by atoms with Crippen molar-refractivity contribution in [1.82, 2.24) is 9.62 Å². The first-order chi connectivity index (χ1) is 12.2. The molecule has 2 N–H and O–H groups in total. The van der Waals surface area contributed by atoms with Gasteiger partial charge in [0.1, 0.15) is 5.69 Å². The molecule has 0 unspecified atom stereocenters. The molecule has 0 radical (unpaired) electrons. The Morgan fingerprint density at radius 3 is 2.35 bits per heavy atom. The van der Waals surface area contributed by atoms with Gasteiger partial charge in [-0.3, -0.25) is 10.1 Å². The monoisotopic (exact) mass is 378 g/mol. The molecule has 0 heterocycles. The molecular formula is C17H22N4O4S. The third-order valence-corrected chi connectivity index (χ3v) is 5.12. The molecule has 0 saturated heterocycles. The number of nitrogens with one attached hydrogen (secondary N) is 2. The highest BCUT2D eigenvalue weighted by Gasteiger charge is 2.21. The van der Waals surface area contributed by atoms with Gasteiger partial charge in [-0.2, -0.15) is 0 Å². The average Bonchev–Trinajstić information content (AvgIpc) is 2.56. The van der Waals surface area contributed by atoms with Crippen molar-refractivity contribution < 1.29 is 13.3 Å². The smallest absolute Gasteiger partial charge is 0.294 e. The zero-order valence-corrected chi connectivity index (χ0v) is 15.7. The normalized spacial score (nSPS) is 11.5. The van der Waals surface area contributed by atoms with E-state index in [4.69, 9.17) is 0 Å². The molecule has 0 aliphatic rings. The number of hydrogen-bond acceptors (Lipinski definition) is 6. The fourth-order valence-corrected chi connectivity index (χ4v) is 3.26. The molecule has 26 heavy (non-hydrogen) atoms. The molecular weight excluding hydrogens is 356 g/mol. The maximum Gasteiger partial charge on any atom is 0.294 e. The predicted octanol–water partition coefficient (Wildman–Crippen LogP) is 2.49. The van der Waals surface area contributed by atoms with Crippen LogP contribution in [0.1, 0.15) is 5.56 Å². The van der Waals surface area contributed by atoms with Crippen molar-refractivity contribution >= 4 is 27.1 Å². The highest BCUT2D eigenvalue weighted by atomic mass is 32.2. The molecule has 0 aliphatic heterocycles. The van der Waals surface area contributed by atoms with E-state index in [0.29, 0.717) is 12.2 Å². The number of aryl methyl sites for hydroxylation is 1. The van der Waals surface area contributed by atoms with Gasteiger partial charge in [-0.05, 0) is 45.3 Å². The number of likely N-dealkylation sites (N-methyl/N-ethyl adjacent to an activating group) is 1. The number of nitro benzene ring substituents is 1. The molecule has 0 saturated carbocycles. The quantitative estimate of drug-likeness (QED) is 0.540. The Hall–Kier alpha value is -2.49. The minimum Gasteiger partial charge on any atom is -0.350 e. The Balaban J connectivity index is 2.27. The topological polar surface area (TPSA) is 105 Å². The van der Waals surface area contributed by atoms with Crippen LogP contribution in [0.4, 0.5) is 17.1 Å². The largest absolute Gasteiger partial charge is 0.350 e. The van der Waals surface area contributed by atoms with Gasteiger partial charge in [0.25, 0.3) is 5.69 Å². The van der Waals surface area contributed by atoms with E-state index in [1.807, 2.05) is 38.1 Å². The van der Waals surface area contributed by atoms with Gasteiger partial charge in [0.2, 0.25) is 10.0 Å². The summed E-state index contributed by atoms with van der Waals surface area (Å²) in [7, 11) is -0.168. The van der Waals surface area contributed by atoms with Crippen LogP contribution in [0, 0.1) is 17.0 Å². The van der Waals surface area contributed by atoms with Crippen molar-refractivity contribution in [2.24, 2.45) is 0 Å². The van der Waals surface area contributed by atoms with Crippen molar-refractivity contribution in [3.63, 3.8) is 0 Å². The van der Waals surface area contributed by atoms with Crippen LogP contribution in [0.5, 0.6) is 0 Å². The molecule has 0 bridgehead atoms. The van der Waals surface area contributed by atoms with E-state index in [-0.39, 0.29) is 22.8 Å². The highest BCUT2D eigenvalue weighted by molar-refractivity contribution is 7.89. The number of sulfonamides is 1. The van der Waals surface area contributed by atoms with Gasteiger partial charge in [-0.15, -0.1) is 0 Å². The van der Waals surface area contributed by atoms with Gasteiger partial charge in [0.05, 0.1) is 9.82 Å². The third kappa shape index (κ3) is 5.25. The fourth-order valence-electron chi connectivity index (χ4n) is 2.21. The van der Waals surface area contributed by atoms with Crippen LogP contribution in [-0.4, -0.2) is 45.4 Å². The standard InChI is InChI=1S/C17H22N4O4S/c1-13-4-6-14(7-5-13)19-16-9-8-15(12-17(16)21(22)23)26(24,25)18-10-11-20(2)3/h4-9,12,18-19H,10-11H2,1-3H3. The second kappa shape index (κ2) is 8.26. The van der Waals surface area contributed by atoms with Crippen LogP contribution >= 0.6 is 0 Å². The summed E-state index contributed by atoms with van der Waals surface area (Å²) in [4.78, 5) is 12.5. The first-order valence-corrected chi connectivity index (χ1v) is 9.44. The fraction of sp³-hybridized carbons (Fsp3) is 0.294. The lowest BCUT2D eigenvalue weighted by molar-refractivity contribution is -0.384.